The topological polar surface area (TPSA) is 24.9 Å². The highest BCUT2D eigenvalue weighted by Gasteiger charge is 2.49. The van der Waals surface area contributed by atoms with Crippen LogP contribution in [-0.4, -0.2) is 58.4 Å². The van der Waals surface area contributed by atoms with Gasteiger partial charge in [-0.15, -0.1) is 0 Å². The van der Waals surface area contributed by atoms with Crippen molar-refractivity contribution in [2.24, 2.45) is 11.8 Å². The van der Waals surface area contributed by atoms with Crippen LogP contribution >= 0.6 is 0 Å². The van der Waals surface area contributed by atoms with E-state index in [1.54, 1.807) is 14.2 Å². The molecule has 0 aliphatic carbocycles. The van der Waals surface area contributed by atoms with Crippen molar-refractivity contribution in [1.29, 1.82) is 0 Å². The summed E-state index contributed by atoms with van der Waals surface area (Å²) in [6.45, 7) is 17.3. The van der Waals surface area contributed by atoms with Crippen molar-refractivity contribution in [2.45, 2.75) is 41.5 Å². The second-order valence-electron chi connectivity index (χ2n) is 5.82. The third-order valence-corrected chi connectivity index (χ3v) is 6.93. The summed E-state index contributed by atoms with van der Waals surface area (Å²) >= 11 is 0. The fourth-order valence-corrected chi connectivity index (χ4v) is 6.20. The summed E-state index contributed by atoms with van der Waals surface area (Å²) in [5.41, 5.74) is 0. The van der Waals surface area contributed by atoms with Gasteiger partial charge in [0.1, 0.15) is 0 Å². The van der Waals surface area contributed by atoms with E-state index in [-0.39, 0.29) is 0 Å². The molecule has 0 atom stereocenters. The van der Waals surface area contributed by atoms with Crippen LogP contribution in [-0.2, 0) is 8.85 Å². The van der Waals surface area contributed by atoms with Gasteiger partial charge in [0, 0.05) is 14.2 Å². The molecule has 0 aromatic heterocycles. The molecule has 0 saturated carbocycles. The van der Waals surface area contributed by atoms with Crippen LogP contribution in [0.1, 0.15) is 41.5 Å². The molecule has 0 aliphatic heterocycles. The van der Waals surface area contributed by atoms with Crippen LogP contribution in [0.2, 0.25) is 0 Å². The smallest absolute Gasteiger partial charge is 0.374 e. The molecule has 0 amide bonds. The van der Waals surface area contributed by atoms with Gasteiger partial charge in [0.2, 0.25) is 0 Å². The fourth-order valence-electron chi connectivity index (χ4n) is 2.61. The molecule has 0 spiro atoms. The third kappa shape index (κ3) is 5.15. The maximum absolute atomic E-state index is 5.96. The molecule has 0 unspecified atom stereocenters. The Bertz CT molecular complexity index is 219. The van der Waals surface area contributed by atoms with Crippen LogP contribution in [0.15, 0.2) is 0 Å². The first-order chi connectivity index (χ1) is 8.87. The normalized spacial score (nSPS) is 13.3. The van der Waals surface area contributed by atoms with Crippen LogP contribution < -0.4 is 0 Å². The zero-order chi connectivity index (χ0) is 15.1. The van der Waals surface area contributed by atoms with E-state index in [1.807, 2.05) is 0 Å². The third-order valence-electron chi connectivity index (χ3n) is 3.27. The molecule has 0 bridgehead atoms. The lowest BCUT2D eigenvalue weighted by Crippen LogP contribution is -2.70. The minimum Gasteiger partial charge on any atom is -0.374 e. The van der Waals surface area contributed by atoms with E-state index in [4.69, 9.17) is 8.85 Å². The SMILES string of the molecule is CCN(CC)[Si](OC)(OC)N(CC(C)C)CC(C)C. The first-order valence-electron chi connectivity index (χ1n) is 7.48. The second kappa shape index (κ2) is 9.08. The predicted molar refractivity (Wildman–Crippen MR) is 83.9 cm³/mol. The summed E-state index contributed by atoms with van der Waals surface area (Å²) in [6.07, 6.45) is 0. The van der Waals surface area contributed by atoms with Gasteiger partial charge in [-0.3, -0.25) is 9.13 Å². The van der Waals surface area contributed by atoms with Crippen LogP contribution in [0.3, 0.4) is 0 Å². The molecule has 116 valence electrons. The molecular weight excluding hydrogens is 256 g/mol. The summed E-state index contributed by atoms with van der Waals surface area (Å²) in [5.74, 6) is 1.21. The molecule has 5 heteroatoms. The van der Waals surface area contributed by atoms with Gasteiger partial charge in [-0.25, -0.2) is 0 Å². The summed E-state index contributed by atoms with van der Waals surface area (Å²) in [5, 5.41) is 0. The molecule has 0 heterocycles. The molecule has 0 saturated heterocycles. The monoisotopic (exact) mass is 290 g/mol. The maximum atomic E-state index is 5.96. The molecule has 0 aromatic carbocycles. The van der Waals surface area contributed by atoms with Gasteiger partial charge in [0.25, 0.3) is 0 Å². The Morgan fingerprint density at radius 3 is 1.37 bits per heavy atom. The minimum atomic E-state index is -2.46. The van der Waals surface area contributed by atoms with E-state index in [1.165, 1.54) is 0 Å². The van der Waals surface area contributed by atoms with Crippen LogP contribution in [0.25, 0.3) is 0 Å². The fraction of sp³-hybridized carbons (Fsp3) is 1.00. The van der Waals surface area contributed by atoms with E-state index in [2.05, 4.69) is 50.7 Å². The van der Waals surface area contributed by atoms with Gasteiger partial charge in [-0.05, 0) is 38.0 Å². The minimum absolute atomic E-state index is 0.603. The highest BCUT2D eigenvalue weighted by atomic mass is 28.4. The van der Waals surface area contributed by atoms with E-state index in [0.717, 1.165) is 26.2 Å². The molecule has 0 aliphatic rings. The lowest BCUT2D eigenvalue weighted by molar-refractivity contribution is 0.0861. The van der Waals surface area contributed by atoms with Crippen molar-refractivity contribution in [2.75, 3.05) is 40.4 Å². The van der Waals surface area contributed by atoms with Crippen molar-refractivity contribution >= 4 is 8.88 Å². The average molecular weight is 291 g/mol. The molecule has 0 aromatic rings. The Balaban J connectivity index is 5.33. The molecule has 19 heavy (non-hydrogen) atoms. The van der Waals surface area contributed by atoms with Crippen molar-refractivity contribution < 1.29 is 8.85 Å². The van der Waals surface area contributed by atoms with Gasteiger partial charge in [0.05, 0.1) is 0 Å². The van der Waals surface area contributed by atoms with E-state index in [9.17, 15) is 0 Å². The average Bonchev–Trinajstić information content (AvgIpc) is 2.34. The zero-order valence-electron chi connectivity index (χ0n) is 14.2. The lowest BCUT2D eigenvalue weighted by Gasteiger charge is -2.45. The Morgan fingerprint density at radius 2 is 1.16 bits per heavy atom. The number of rotatable bonds is 10. The van der Waals surface area contributed by atoms with E-state index < -0.39 is 8.88 Å². The maximum Gasteiger partial charge on any atom is 0.521 e. The van der Waals surface area contributed by atoms with Crippen molar-refractivity contribution in [3.8, 4) is 0 Å². The van der Waals surface area contributed by atoms with Crippen molar-refractivity contribution in [3.05, 3.63) is 0 Å². The number of nitrogens with zero attached hydrogens (tertiary/aromatic N) is 2. The molecule has 0 N–H and O–H groups in total. The standard InChI is InChI=1S/C14H34N2O2Si/c1-9-15(10-2)19(17-7,18-8)16(11-13(3)4)12-14(5)6/h13-14H,9-12H2,1-8H3. The van der Waals surface area contributed by atoms with E-state index in [0.29, 0.717) is 11.8 Å². The van der Waals surface area contributed by atoms with Crippen molar-refractivity contribution in [1.82, 2.24) is 9.13 Å². The summed E-state index contributed by atoms with van der Waals surface area (Å²) in [6, 6.07) is 0. The van der Waals surface area contributed by atoms with Crippen LogP contribution in [0, 0.1) is 11.8 Å². The molecular formula is C14H34N2O2Si. The second-order valence-corrected chi connectivity index (χ2v) is 9.00. The van der Waals surface area contributed by atoms with Crippen LogP contribution in [0.4, 0.5) is 0 Å². The van der Waals surface area contributed by atoms with Gasteiger partial charge < -0.3 is 8.85 Å². The molecule has 4 nitrogen and oxygen atoms in total. The summed E-state index contributed by atoms with van der Waals surface area (Å²) in [4.78, 5) is 0. The summed E-state index contributed by atoms with van der Waals surface area (Å²) in [7, 11) is 1.13. The first-order valence-corrected chi connectivity index (χ1v) is 9.19. The number of hydrogen-bond donors (Lipinski definition) is 0. The number of hydrogen-bond acceptors (Lipinski definition) is 4. The largest absolute Gasteiger partial charge is 0.521 e. The van der Waals surface area contributed by atoms with Gasteiger partial charge in [-0.2, -0.15) is 0 Å². The van der Waals surface area contributed by atoms with Gasteiger partial charge >= 0.3 is 8.88 Å². The van der Waals surface area contributed by atoms with Gasteiger partial charge in [0.15, 0.2) is 0 Å². The predicted octanol–water partition coefficient (Wildman–Crippen LogP) is 2.67. The Labute approximate surface area is 121 Å². The molecule has 0 radical (unpaired) electrons. The highest BCUT2D eigenvalue weighted by Crippen LogP contribution is 2.20. The Morgan fingerprint density at radius 1 is 0.789 bits per heavy atom. The van der Waals surface area contributed by atoms with E-state index >= 15 is 0 Å². The first kappa shape index (κ1) is 19.1. The van der Waals surface area contributed by atoms with Gasteiger partial charge in [-0.1, -0.05) is 41.5 Å². The molecule has 0 rings (SSSR count). The zero-order valence-corrected chi connectivity index (χ0v) is 15.2. The molecule has 0 fully saturated rings. The Hall–Kier alpha value is 0.0569. The van der Waals surface area contributed by atoms with Crippen LogP contribution in [0.5, 0.6) is 0 Å². The summed E-state index contributed by atoms with van der Waals surface area (Å²) < 4.78 is 16.7. The Kier molecular flexibility index (Phi) is 9.10. The highest BCUT2D eigenvalue weighted by molar-refractivity contribution is 6.61. The van der Waals surface area contributed by atoms with Crippen molar-refractivity contribution in [3.63, 3.8) is 0 Å². The quantitative estimate of drug-likeness (QED) is 0.578. The lowest BCUT2D eigenvalue weighted by atomic mass is 10.2.